The Morgan fingerprint density at radius 3 is 2.77 bits per heavy atom. The van der Waals surface area contributed by atoms with Crippen LogP contribution in [0.5, 0.6) is 0 Å². The van der Waals surface area contributed by atoms with Crippen LogP contribution in [-0.4, -0.2) is 5.91 Å². The van der Waals surface area contributed by atoms with Gasteiger partial charge in [-0.05, 0) is 25.1 Å². The van der Waals surface area contributed by atoms with Crippen molar-refractivity contribution < 1.29 is 13.6 Å². The second-order valence-corrected chi connectivity index (χ2v) is 5.34. The predicted molar refractivity (Wildman–Crippen MR) is 83.5 cm³/mol. The molecule has 2 aromatic carbocycles. The summed E-state index contributed by atoms with van der Waals surface area (Å²) in [7, 11) is 0. The number of hydrogen-bond donors (Lipinski definition) is 1. The number of amides is 1. The predicted octanol–water partition coefficient (Wildman–Crippen LogP) is 4.46. The molecule has 1 aromatic heterocycles. The third-order valence-electron chi connectivity index (χ3n) is 3.55. The van der Waals surface area contributed by atoms with E-state index in [-0.39, 0.29) is 17.1 Å². The maximum Gasteiger partial charge on any atom is 0.254 e. The Balaban J connectivity index is 1.80. The number of fused-ring (bicyclic) bond motifs is 1. The summed E-state index contributed by atoms with van der Waals surface area (Å²) >= 11 is 5.68. The molecule has 1 heterocycles. The number of furan rings is 1. The normalized spacial score (nSPS) is 10.9. The van der Waals surface area contributed by atoms with Crippen LogP contribution in [0.15, 0.2) is 46.9 Å². The van der Waals surface area contributed by atoms with Crippen molar-refractivity contribution in [3.63, 3.8) is 0 Å². The van der Waals surface area contributed by atoms with Crippen LogP contribution in [0, 0.1) is 12.7 Å². The van der Waals surface area contributed by atoms with E-state index in [1.165, 1.54) is 18.2 Å². The van der Waals surface area contributed by atoms with Crippen molar-refractivity contribution in [1.29, 1.82) is 0 Å². The van der Waals surface area contributed by atoms with E-state index in [2.05, 4.69) is 5.32 Å². The third-order valence-corrected chi connectivity index (χ3v) is 3.84. The fraction of sp³-hybridized carbons (Fsp3) is 0.118. The van der Waals surface area contributed by atoms with Crippen LogP contribution in [0.2, 0.25) is 5.02 Å². The number of nitrogens with one attached hydrogen (secondary N) is 1. The molecule has 0 saturated carbocycles. The van der Waals surface area contributed by atoms with Crippen LogP contribution < -0.4 is 5.32 Å². The molecular weight excluding hydrogens is 305 g/mol. The SMILES string of the molecule is Cc1c(CNC(=O)c2cccc(Cl)c2F)oc2ccccc12. The van der Waals surface area contributed by atoms with E-state index >= 15 is 0 Å². The van der Waals surface area contributed by atoms with Crippen LogP contribution in [0.25, 0.3) is 11.0 Å². The Morgan fingerprint density at radius 1 is 1.23 bits per heavy atom. The highest BCUT2D eigenvalue weighted by atomic mass is 35.5. The van der Waals surface area contributed by atoms with Gasteiger partial charge in [0.2, 0.25) is 0 Å². The van der Waals surface area contributed by atoms with Crippen molar-refractivity contribution in [2.75, 3.05) is 0 Å². The molecule has 3 rings (SSSR count). The van der Waals surface area contributed by atoms with E-state index in [1.807, 2.05) is 31.2 Å². The lowest BCUT2D eigenvalue weighted by Gasteiger charge is -2.06. The minimum atomic E-state index is -0.719. The topological polar surface area (TPSA) is 42.2 Å². The Morgan fingerprint density at radius 2 is 2.00 bits per heavy atom. The Hall–Kier alpha value is -2.33. The molecule has 1 amide bonds. The van der Waals surface area contributed by atoms with Gasteiger partial charge >= 0.3 is 0 Å². The Labute approximate surface area is 131 Å². The lowest BCUT2D eigenvalue weighted by atomic mass is 10.1. The fourth-order valence-electron chi connectivity index (χ4n) is 2.33. The van der Waals surface area contributed by atoms with Crippen molar-refractivity contribution >= 4 is 28.5 Å². The van der Waals surface area contributed by atoms with Crippen molar-refractivity contribution in [2.45, 2.75) is 13.5 Å². The van der Waals surface area contributed by atoms with E-state index < -0.39 is 11.7 Å². The van der Waals surface area contributed by atoms with Crippen molar-refractivity contribution in [3.8, 4) is 0 Å². The lowest BCUT2D eigenvalue weighted by molar-refractivity contribution is 0.0944. The summed E-state index contributed by atoms with van der Waals surface area (Å²) < 4.78 is 19.5. The van der Waals surface area contributed by atoms with Crippen LogP contribution in [-0.2, 0) is 6.54 Å². The number of benzene rings is 2. The van der Waals surface area contributed by atoms with E-state index in [4.69, 9.17) is 16.0 Å². The van der Waals surface area contributed by atoms with Gasteiger partial charge in [-0.3, -0.25) is 4.79 Å². The minimum Gasteiger partial charge on any atom is -0.459 e. The minimum absolute atomic E-state index is 0.0763. The molecule has 3 aromatic rings. The molecule has 5 heteroatoms. The molecule has 0 radical (unpaired) electrons. The van der Waals surface area contributed by atoms with Gasteiger partial charge in [0.25, 0.3) is 5.91 Å². The second-order valence-electron chi connectivity index (χ2n) is 4.93. The monoisotopic (exact) mass is 317 g/mol. The van der Waals surface area contributed by atoms with Crippen LogP contribution >= 0.6 is 11.6 Å². The number of halogens is 2. The van der Waals surface area contributed by atoms with Crippen molar-refractivity contribution in [2.24, 2.45) is 0 Å². The fourth-order valence-corrected chi connectivity index (χ4v) is 2.50. The number of carbonyl (C=O) groups excluding carboxylic acids is 1. The molecule has 0 fully saturated rings. The van der Waals surface area contributed by atoms with Gasteiger partial charge < -0.3 is 9.73 Å². The quantitative estimate of drug-likeness (QED) is 0.774. The number of hydrogen-bond acceptors (Lipinski definition) is 2. The van der Waals surface area contributed by atoms with E-state index in [1.54, 1.807) is 0 Å². The Kier molecular flexibility index (Phi) is 3.86. The highest BCUT2D eigenvalue weighted by Gasteiger charge is 2.15. The number of carbonyl (C=O) groups is 1. The molecular formula is C17H13ClFNO2. The molecule has 0 saturated heterocycles. The first kappa shape index (κ1) is 14.6. The van der Waals surface area contributed by atoms with Gasteiger partial charge in [-0.25, -0.2) is 4.39 Å². The number of rotatable bonds is 3. The zero-order chi connectivity index (χ0) is 15.7. The third kappa shape index (κ3) is 2.57. The van der Waals surface area contributed by atoms with Gasteiger partial charge in [0.15, 0.2) is 5.82 Å². The molecule has 22 heavy (non-hydrogen) atoms. The number of aryl methyl sites for hydroxylation is 1. The zero-order valence-electron chi connectivity index (χ0n) is 11.8. The first-order valence-electron chi connectivity index (χ1n) is 6.77. The molecule has 3 nitrogen and oxygen atoms in total. The average Bonchev–Trinajstić information content (AvgIpc) is 2.84. The van der Waals surface area contributed by atoms with Gasteiger partial charge in [-0.2, -0.15) is 0 Å². The van der Waals surface area contributed by atoms with Gasteiger partial charge in [-0.15, -0.1) is 0 Å². The molecule has 1 N–H and O–H groups in total. The summed E-state index contributed by atoms with van der Waals surface area (Å²) in [6.45, 7) is 2.11. The maximum absolute atomic E-state index is 13.8. The highest BCUT2D eigenvalue weighted by Crippen LogP contribution is 2.25. The van der Waals surface area contributed by atoms with E-state index in [0.29, 0.717) is 5.76 Å². The summed E-state index contributed by atoms with van der Waals surface area (Å²) in [5.41, 5.74) is 1.64. The zero-order valence-corrected chi connectivity index (χ0v) is 12.6. The summed E-state index contributed by atoms with van der Waals surface area (Å²) in [5, 5.41) is 3.58. The van der Waals surface area contributed by atoms with Crippen molar-refractivity contribution in [3.05, 3.63) is 70.2 Å². The molecule has 0 aliphatic rings. The number of para-hydroxylation sites is 1. The second kappa shape index (κ2) is 5.81. The largest absolute Gasteiger partial charge is 0.459 e. The van der Waals surface area contributed by atoms with Gasteiger partial charge in [0.1, 0.15) is 11.3 Å². The summed E-state index contributed by atoms with van der Waals surface area (Å²) in [5.74, 6) is -0.597. The molecule has 0 spiro atoms. The van der Waals surface area contributed by atoms with E-state index in [0.717, 1.165) is 16.5 Å². The molecule has 0 aliphatic carbocycles. The standard InChI is InChI=1S/C17H13ClFNO2/c1-10-11-5-2-3-8-14(11)22-15(10)9-20-17(21)12-6-4-7-13(18)16(12)19/h2-8H,9H2,1H3,(H,20,21). The van der Waals surface area contributed by atoms with Gasteiger partial charge in [0.05, 0.1) is 17.1 Å². The van der Waals surface area contributed by atoms with E-state index in [9.17, 15) is 9.18 Å². The lowest BCUT2D eigenvalue weighted by Crippen LogP contribution is -2.24. The summed E-state index contributed by atoms with van der Waals surface area (Å²) in [6, 6.07) is 12.0. The van der Waals surface area contributed by atoms with Gasteiger partial charge in [-0.1, -0.05) is 35.9 Å². The average molecular weight is 318 g/mol. The molecule has 0 bridgehead atoms. The smallest absolute Gasteiger partial charge is 0.254 e. The van der Waals surface area contributed by atoms with Gasteiger partial charge in [0, 0.05) is 10.9 Å². The van der Waals surface area contributed by atoms with Crippen molar-refractivity contribution in [1.82, 2.24) is 5.32 Å². The Bertz CT molecular complexity index is 857. The molecule has 0 unspecified atom stereocenters. The maximum atomic E-state index is 13.8. The summed E-state index contributed by atoms with van der Waals surface area (Å²) in [4.78, 5) is 12.1. The molecule has 112 valence electrons. The first-order chi connectivity index (χ1) is 10.6. The van der Waals surface area contributed by atoms with Crippen LogP contribution in [0.4, 0.5) is 4.39 Å². The summed E-state index contributed by atoms with van der Waals surface area (Å²) in [6.07, 6.45) is 0. The van der Waals surface area contributed by atoms with Crippen LogP contribution in [0.3, 0.4) is 0 Å². The molecule has 0 aliphatic heterocycles. The first-order valence-corrected chi connectivity index (χ1v) is 7.15. The van der Waals surface area contributed by atoms with Crippen LogP contribution in [0.1, 0.15) is 21.7 Å². The highest BCUT2D eigenvalue weighted by molar-refractivity contribution is 6.31. The molecule has 0 atom stereocenters.